The van der Waals surface area contributed by atoms with E-state index in [0.29, 0.717) is 12.4 Å². The molecular weight excluding hydrogens is 192 g/mol. The maximum Gasteiger partial charge on any atom is 0.233 e. The molecule has 0 atom stereocenters. The van der Waals surface area contributed by atoms with E-state index < -0.39 is 5.41 Å². The van der Waals surface area contributed by atoms with E-state index >= 15 is 0 Å². The third kappa shape index (κ3) is 1.59. The van der Waals surface area contributed by atoms with Gasteiger partial charge in [0, 0.05) is 31.5 Å². The third-order valence-electron chi connectivity index (χ3n) is 2.78. The van der Waals surface area contributed by atoms with Crippen molar-refractivity contribution >= 4 is 5.91 Å². The number of aromatic nitrogens is 2. The molecule has 1 aromatic heterocycles. The molecule has 0 spiro atoms. The van der Waals surface area contributed by atoms with Gasteiger partial charge in [-0.15, -0.1) is 0 Å². The Morgan fingerprint density at radius 2 is 2.13 bits per heavy atom. The number of amides is 1. The van der Waals surface area contributed by atoms with Crippen LogP contribution in [0.5, 0.6) is 0 Å². The number of nitrogens with zero attached hydrogens (tertiary/aromatic N) is 2. The second-order valence-corrected chi connectivity index (χ2v) is 3.78. The van der Waals surface area contributed by atoms with Crippen molar-refractivity contribution in [2.75, 3.05) is 7.05 Å². The van der Waals surface area contributed by atoms with Gasteiger partial charge in [-0.25, -0.2) is 9.97 Å². The molecule has 2 rings (SSSR count). The second kappa shape index (κ2) is 3.58. The molecule has 80 valence electrons. The molecule has 0 aromatic carbocycles. The zero-order valence-electron chi connectivity index (χ0n) is 8.66. The zero-order chi connectivity index (χ0) is 10.9. The Hall–Kier alpha value is -1.49. The van der Waals surface area contributed by atoms with Crippen molar-refractivity contribution in [1.29, 1.82) is 0 Å². The number of hydrogen-bond acceptors (Lipinski definition) is 4. The van der Waals surface area contributed by atoms with Crippen molar-refractivity contribution in [2.24, 2.45) is 5.73 Å². The minimum Gasteiger partial charge on any atom is -0.358 e. The summed E-state index contributed by atoms with van der Waals surface area (Å²) in [7, 11) is 1.64. The van der Waals surface area contributed by atoms with Crippen LogP contribution in [0.2, 0.25) is 0 Å². The summed E-state index contributed by atoms with van der Waals surface area (Å²) >= 11 is 0. The molecule has 1 aliphatic carbocycles. The molecule has 0 unspecified atom stereocenters. The first-order valence-corrected chi connectivity index (χ1v) is 4.96. The Bertz CT molecular complexity index is 370. The van der Waals surface area contributed by atoms with Crippen LogP contribution < -0.4 is 11.1 Å². The van der Waals surface area contributed by atoms with Gasteiger partial charge >= 0.3 is 0 Å². The summed E-state index contributed by atoms with van der Waals surface area (Å²) in [6.45, 7) is 0.424. The van der Waals surface area contributed by atoms with E-state index in [-0.39, 0.29) is 5.91 Å². The fourth-order valence-electron chi connectivity index (χ4n) is 1.62. The molecule has 0 saturated heterocycles. The largest absolute Gasteiger partial charge is 0.358 e. The van der Waals surface area contributed by atoms with E-state index in [1.165, 1.54) is 0 Å². The van der Waals surface area contributed by atoms with E-state index in [9.17, 15) is 4.79 Å². The number of nitrogens with one attached hydrogen (secondary N) is 1. The summed E-state index contributed by atoms with van der Waals surface area (Å²) in [5.41, 5.74) is 5.86. The monoisotopic (exact) mass is 206 g/mol. The number of likely N-dealkylation sites (N-methyl/N-ethyl adjacent to an activating group) is 1. The van der Waals surface area contributed by atoms with Crippen molar-refractivity contribution in [2.45, 2.75) is 24.8 Å². The molecule has 1 aliphatic rings. The first-order valence-electron chi connectivity index (χ1n) is 4.96. The molecule has 1 aromatic rings. The summed E-state index contributed by atoms with van der Waals surface area (Å²) in [5.74, 6) is 0.613. The molecule has 3 N–H and O–H groups in total. The van der Waals surface area contributed by atoms with Crippen LogP contribution in [-0.4, -0.2) is 22.9 Å². The molecular formula is C10H14N4O. The minimum atomic E-state index is -0.470. The lowest BCUT2D eigenvalue weighted by molar-refractivity contribution is -0.123. The summed E-state index contributed by atoms with van der Waals surface area (Å²) in [6.07, 6.45) is 5.03. The van der Waals surface area contributed by atoms with Crippen LogP contribution >= 0.6 is 0 Å². The Labute approximate surface area is 88.1 Å². The fraction of sp³-hybridized carbons (Fsp3) is 0.500. The molecule has 0 radical (unpaired) electrons. The number of nitrogens with two attached hydrogens (primary N) is 1. The highest BCUT2D eigenvalue weighted by molar-refractivity contribution is 5.89. The predicted octanol–water partition coefficient (Wildman–Crippen LogP) is -0.287. The average molecular weight is 206 g/mol. The van der Waals surface area contributed by atoms with E-state index in [1.807, 2.05) is 0 Å². The van der Waals surface area contributed by atoms with Gasteiger partial charge in [0.05, 0.1) is 0 Å². The van der Waals surface area contributed by atoms with Gasteiger partial charge in [0.2, 0.25) is 5.91 Å². The molecule has 15 heavy (non-hydrogen) atoms. The van der Waals surface area contributed by atoms with Gasteiger partial charge in [0.25, 0.3) is 0 Å². The van der Waals surface area contributed by atoms with Gasteiger partial charge in [-0.3, -0.25) is 4.79 Å². The van der Waals surface area contributed by atoms with Crippen LogP contribution in [0.3, 0.4) is 0 Å². The molecule has 1 heterocycles. The van der Waals surface area contributed by atoms with Gasteiger partial charge in [-0.2, -0.15) is 0 Å². The zero-order valence-corrected chi connectivity index (χ0v) is 8.66. The fourth-order valence-corrected chi connectivity index (χ4v) is 1.62. The maximum absolute atomic E-state index is 11.6. The predicted molar refractivity (Wildman–Crippen MR) is 54.9 cm³/mol. The lowest BCUT2D eigenvalue weighted by atomic mass is 10.1. The first-order chi connectivity index (χ1) is 7.23. The Kier molecular flexibility index (Phi) is 2.40. The highest BCUT2D eigenvalue weighted by Crippen LogP contribution is 2.46. The molecule has 1 fully saturated rings. The third-order valence-corrected chi connectivity index (χ3v) is 2.78. The summed E-state index contributed by atoms with van der Waals surface area (Å²) in [4.78, 5) is 20.0. The molecule has 0 aliphatic heterocycles. The van der Waals surface area contributed by atoms with Crippen molar-refractivity contribution in [1.82, 2.24) is 15.3 Å². The van der Waals surface area contributed by atoms with Crippen molar-refractivity contribution < 1.29 is 4.79 Å². The number of carbonyl (C=O) groups excluding carboxylic acids is 1. The Morgan fingerprint density at radius 1 is 1.53 bits per heavy atom. The Morgan fingerprint density at radius 3 is 2.53 bits per heavy atom. The van der Waals surface area contributed by atoms with Gasteiger partial charge in [0.1, 0.15) is 11.2 Å². The topological polar surface area (TPSA) is 80.9 Å². The quantitative estimate of drug-likeness (QED) is 0.712. The van der Waals surface area contributed by atoms with E-state index in [1.54, 1.807) is 19.4 Å². The highest BCUT2D eigenvalue weighted by atomic mass is 16.2. The van der Waals surface area contributed by atoms with Crippen LogP contribution in [-0.2, 0) is 16.8 Å². The van der Waals surface area contributed by atoms with Crippen molar-refractivity contribution in [3.63, 3.8) is 0 Å². The molecule has 5 heteroatoms. The standard InChI is InChI=1S/C10H14N4O/c1-12-9(15)10(2-3-10)8-13-5-7(4-11)6-14-8/h5-6H,2-4,11H2,1H3,(H,12,15). The Balaban J connectivity index is 2.26. The van der Waals surface area contributed by atoms with E-state index in [4.69, 9.17) is 5.73 Å². The lowest BCUT2D eigenvalue weighted by Crippen LogP contribution is -2.33. The van der Waals surface area contributed by atoms with Gasteiger partial charge in [-0.05, 0) is 12.8 Å². The smallest absolute Gasteiger partial charge is 0.233 e. The first kappa shape index (κ1) is 10.0. The summed E-state index contributed by atoms with van der Waals surface area (Å²) in [6, 6.07) is 0. The highest BCUT2D eigenvalue weighted by Gasteiger charge is 2.53. The van der Waals surface area contributed by atoms with E-state index in [2.05, 4.69) is 15.3 Å². The molecule has 1 saturated carbocycles. The van der Waals surface area contributed by atoms with Crippen LogP contribution in [0.1, 0.15) is 24.2 Å². The van der Waals surface area contributed by atoms with Crippen LogP contribution in [0, 0.1) is 0 Å². The minimum absolute atomic E-state index is 0.00278. The molecule has 1 amide bonds. The molecule has 5 nitrogen and oxygen atoms in total. The number of hydrogen-bond donors (Lipinski definition) is 2. The number of carbonyl (C=O) groups is 1. The van der Waals surface area contributed by atoms with E-state index in [0.717, 1.165) is 18.4 Å². The van der Waals surface area contributed by atoms with Crippen LogP contribution in [0.4, 0.5) is 0 Å². The van der Waals surface area contributed by atoms with Crippen LogP contribution in [0.15, 0.2) is 12.4 Å². The normalized spacial score (nSPS) is 17.2. The maximum atomic E-state index is 11.6. The van der Waals surface area contributed by atoms with Gasteiger partial charge < -0.3 is 11.1 Å². The average Bonchev–Trinajstić information content (AvgIpc) is 3.09. The summed E-state index contributed by atoms with van der Waals surface area (Å²) < 4.78 is 0. The lowest BCUT2D eigenvalue weighted by Gasteiger charge is -2.11. The number of rotatable bonds is 3. The van der Waals surface area contributed by atoms with Crippen LogP contribution in [0.25, 0.3) is 0 Å². The van der Waals surface area contributed by atoms with Gasteiger partial charge in [0.15, 0.2) is 0 Å². The summed E-state index contributed by atoms with van der Waals surface area (Å²) in [5, 5.41) is 2.65. The SMILES string of the molecule is CNC(=O)C1(c2ncc(CN)cn2)CC1. The van der Waals surface area contributed by atoms with Gasteiger partial charge in [-0.1, -0.05) is 0 Å². The molecule has 0 bridgehead atoms. The van der Waals surface area contributed by atoms with Crippen molar-refractivity contribution in [3.05, 3.63) is 23.8 Å². The van der Waals surface area contributed by atoms with Crippen molar-refractivity contribution in [3.8, 4) is 0 Å². The second-order valence-electron chi connectivity index (χ2n) is 3.78.